The van der Waals surface area contributed by atoms with E-state index in [2.05, 4.69) is 20.4 Å². The Hall–Kier alpha value is -2.88. The smallest absolute Gasteiger partial charge is 0.387 e. The van der Waals surface area contributed by atoms with E-state index in [4.69, 9.17) is 5.26 Å². The van der Waals surface area contributed by atoms with Gasteiger partial charge in [-0.15, -0.1) is 0 Å². The number of anilines is 3. The summed E-state index contributed by atoms with van der Waals surface area (Å²) in [5.74, 6) is 0.0772. The molecule has 1 aliphatic carbocycles. The van der Waals surface area contributed by atoms with Gasteiger partial charge in [-0.2, -0.15) is 14.0 Å². The molecule has 0 radical (unpaired) electrons. The van der Waals surface area contributed by atoms with Gasteiger partial charge < -0.3 is 15.4 Å². The van der Waals surface area contributed by atoms with E-state index in [1.54, 1.807) is 18.3 Å². The van der Waals surface area contributed by atoms with Gasteiger partial charge in [-0.3, -0.25) is 0 Å². The van der Waals surface area contributed by atoms with Crippen LogP contribution in [0, 0.1) is 11.3 Å². The Balaban J connectivity index is 1.76. The van der Waals surface area contributed by atoms with Gasteiger partial charge in [0.25, 0.3) is 0 Å². The Kier molecular flexibility index (Phi) is 4.24. The van der Waals surface area contributed by atoms with E-state index in [1.807, 2.05) is 12.1 Å². The molecule has 1 aliphatic rings. The Morgan fingerprint density at radius 1 is 1.22 bits per heavy atom. The number of hydrogen-bond acceptors (Lipinski definition) is 5. The maximum absolute atomic E-state index is 12.1. The van der Waals surface area contributed by atoms with Crippen molar-refractivity contribution in [3.05, 3.63) is 42.2 Å². The SMILES string of the molecule is N#Cc1ncc(NC2CC2)cc1Nc1ccc(OC(F)F)cc1. The van der Waals surface area contributed by atoms with Crippen molar-refractivity contribution in [3.63, 3.8) is 0 Å². The Morgan fingerprint density at radius 2 is 1.96 bits per heavy atom. The molecule has 1 heterocycles. The standard InChI is InChI=1S/C16H14F2N4O/c17-16(18)23-13-5-3-11(4-6-13)22-14-7-12(21-10-1-2-10)9-20-15(14)8-19/h3-7,9-10,16,21-22H,1-2H2. The number of nitriles is 1. The first-order valence-corrected chi connectivity index (χ1v) is 7.12. The van der Waals surface area contributed by atoms with Crippen LogP contribution >= 0.6 is 0 Å². The van der Waals surface area contributed by atoms with Crippen molar-refractivity contribution in [2.24, 2.45) is 0 Å². The summed E-state index contributed by atoms with van der Waals surface area (Å²) in [5.41, 5.74) is 2.31. The first-order valence-electron chi connectivity index (χ1n) is 7.12. The number of hydrogen-bond donors (Lipinski definition) is 2. The third-order valence-corrected chi connectivity index (χ3v) is 3.30. The van der Waals surface area contributed by atoms with E-state index in [1.165, 1.54) is 12.1 Å². The zero-order valence-electron chi connectivity index (χ0n) is 12.1. The number of rotatable bonds is 6. The minimum atomic E-state index is -2.85. The minimum absolute atomic E-state index is 0.0772. The number of halogens is 2. The fraction of sp³-hybridized carbons (Fsp3) is 0.250. The van der Waals surface area contributed by atoms with E-state index in [0.29, 0.717) is 17.4 Å². The summed E-state index contributed by atoms with van der Waals surface area (Å²) in [7, 11) is 0. The van der Waals surface area contributed by atoms with E-state index < -0.39 is 6.61 Å². The second-order valence-corrected chi connectivity index (χ2v) is 5.18. The molecule has 118 valence electrons. The maximum Gasteiger partial charge on any atom is 0.387 e. The first kappa shape index (κ1) is 15.0. The molecular formula is C16H14F2N4O. The van der Waals surface area contributed by atoms with E-state index in [0.717, 1.165) is 18.5 Å². The number of pyridine rings is 1. The highest BCUT2D eigenvalue weighted by Gasteiger charge is 2.21. The van der Waals surface area contributed by atoms with Gasteiger partial charge in [0.1, 0.15) is 11.8 Å². The molecule has 1 fully saturated rings. The van der Waals surface area contributed by atoms with Crippen molar-refractivity contribution in [1.29, 1.82) is 5.26 Å². The first-order chi connectivity index (χ1) is 11.1. The lowest BCUT2D eigenvalue weighted by atomic mass is 10.2. The third-order valence-electron chi connectivity index (χ3n) is 3.30. The maximum atomic E-state index is 12.1. The molecule has 0 amide bonds. The number of nitrogens with zero attached hydrogens (tertiary/aromatic N) is 2. The number of aromatic nitrogens is 1. The minimum Gasteiger partial charge on any atom is -0.435 e. The Bertz CT molecular complexity index is 724. The summed E-state index contributed by atoms with van der Waals surface area (Å²) in [5, 5.41) is 15.5. The average molecular weight is 316 g/mol. The molecule has 3 rings (SSSR count). The van der Waals surface area contributed by atoms with E-state index in [9.17, 15) is 8.78 Å². The topological polar surface area (TPSA) is 70.0 Å². The van der Waals surface area contributed by atoms with E-state index in [-0.39, 0.29) is 11.4 Å². The second-order valence-electron chi connectivity index (χ2n) is 5.18. The van der Waals surface area contributed by atoms with Crippen molar-refractivity contribution in [3.8, 4) is 11.8 Å². The van der Waals surface area contributed by atoms with Crippen LogP contribution in [0.1, 0.15) is 18.5 Å². The molecule has 0 aliphatic heterocycles. The van der Waals surface area contributed by atoms with Gasteiger partial charge in [0, 0.05) is 11.7 Å². The van der Waals surface area contributed by atoms with Gasteiger partial charge in [0.05, 0.1) is 17.6 Å². The fourth-order valence-electron chi connectivity index (χ4n) is 2.07. The van der Waals surface area contributed by atoms with Crippen LogP contribution in [0.5, 0.6) is 5.75 Å². The van der Waals surface area contributed by atoms with Gasteiger partial charge in [0.15, 0.2) is 5.69 Å². The molecule has 2 aromatic rings. The molecule has 1 saturated carbocycles. The molecule has 23 heavy (non-hydrogen) atoms. The molecule has 0 atom stereocenters. The number of ether oxygens (including phenoxy) is 1. The summed E-state index contributed by atoms with van der Waals surface area (Å²) in [6, 6.07) is 10.4. The van der Waals surface area contributed by atoms with Crippen LogP contribution in [0.15, 0.2) is 36.5 Å². The molecule has 0 bridgehead atoms. The summed E-state index contributed by atoms with van der Waals surface area (Å²) in [4.78, 5) is 4.12. The molecule has 2 N–H and O–H groups in total. The normalized spacial score (nSPS) is 13.5. The zero-order chi connectivity index (χ0) is 16.2. The monoisotopic (exact) mass is 316 g/mol. The van der Waals surface area contributed by atoms with Crippen molar-refractivity contribution in [2.75, 3.05) is 10.6 Å². The van der Waals surface area contributed by atoms with Gasteiger partial charge in [-0.25, -0.2) is 4.98 Å². The lowest BCUT2D eigenvalue weighted by Crippen LogP contribution is -2.04. The van der Waals surface area contributed by atoms with Gasteiger partial charge in [-0.1, -0.05) is 0 Å². The predicted octanol–water partition coefficient (Wildman–Crippen LogP) is 3.87. The molecule has 1 aromatic heterocycles. The van der Waals surface area contributed by atoms with Crippen molar-refractivity contribution < 1.29 is 13.5 Å². The molecule has 0 unspecified atom stereocenters. The van der Waals surface area contributed by atoms with Crippen LogP contribution in [0.2, 0.25) is 0 Å². The summed E-state index contributed by atoms with van der Waals surface area (Å²) in [6.45, 7) is -2.85. The Labute approximate surface area is 131 Å². The third kappa shape index (κ3) is 4.07. The quantitative estimate of drug-likeness (QED) is 0.846. The lowest BCUT2D eigenvalue weighted by Gasteiger charge is -2.11. The predicted molar refractivity (Wildman–Crippen MR) is 82.0 cm³/mol. The van der Waals surface area contributed by atoms with Crippen molar-refractivity contribution in [1.82, 2.24) is 4.98 Å². The van der Waals surface area contributed by atoms with Crippen LogP contribution in [-0.4, -0.2) is 17.6 Å². The molecule has 5 nitrogen and oxygen atoms in total. The van der Waals surface area contributed by atoms with Crippen LogP contribution in [0.25, 0.3) is 0 Å². The van der Waals surface area contributed by atoms with Gasteiger partial charge >= 0.3 is 6.61 Å². The molecular weight excluding hydrogens is 302 g/mol. The van der Waals surface area contributed by atoms with Gasteiger partial charge in [-0.05, 0) is 43.2 Å². The second kappa shape index (κ2) is 6.48. The van der Waals surface area contributed by atoms with Crippen molar-refractivity contribution >= 4 is 17.1 Å². The molecule has 7 heteroatoms. The highest BCUT2D eigenvalue weighted by atomic mass is 19.3. The Morgan fingerprint density at radius 3 is 2.57 bits per heavy atom. The lowest BCUT2D eigenvalue weighted by molar-refractivity contribution is -0.0498. The highest BCUT2D eigenvalue weighted by molar-refractivity contribution is 5.69. The van der Waals surface area contributed by atoms with Crippen LogP contribution in [-0.2, 0) is 0 Å². The summed E-state index contributed by atoms with van der Waals surface area (Å²) < 4.78 is 28.6. The highest BCUT2D eigenvalue weighted by Crippen LogP contribution is 2.28. The number of benzene rings is 1. The van der Waals surface area contributed by atoms with Crippen LogP contribution < -0.4 is 15.4 Å². The summed E-state index contributed by atoms with van der Waals surface area (Å²) >= 11 is 0. The van der Waals surface area contributed by atoms with E-state index >= 15 is 0 Å². The molecule has 0 spiro atoms. The largest absolute Gasteiger partial charge is 0.435 e. The summed E-state index contributed by atoms with van der Waals surface area (Å²) in [6.07, 6.45) is 3.89. The molecule has 1 aromatic carbocycles. The molecule has 0 saturated heterocycles. The van der Waals surface area contributed by atoms with Crippen LogP contribution in [0.4, 0.5) is 25.8 Å². The average Bonchev–Trinajstić information content (AvgIpc) is 3.33. The van der Waals surface area contributed by atoms with Gasteiger partial charge in [0.2, 0.25) is 0 Å². The zero-order valence-corrected chi connectivity index (χ0v) is 12.1. The number of nitrogens with one attached hydrogen (secondary N) is 2. The number of alkyl halides is 2. The van der Waals surface area contributed by atoms with Crippen LogP contribution in [0.3, 0.4) is 0 Å². The van der Waals surface area contributed by atoms with Crippen molar-refractivity contribution in [2.45, 2.75) is 25.5 Å². The fourth-order valence-corrected chi connectivity index (χ4v) is 2.07.